The first-order valence-corrected chi connectivity index (χ1v) is 10.2. The highest BCUT2D eigenvalue weighted by atomic mass is 16.5. The van der Waals surface area contributed by atoms with Crippen molar-refractivity contribution < 1.29 is 9.53 Å². The average Bonchev–Trinajstić information content (AvgIpc) is 3.33. The molecule has 1 atom stereocenters. The molecule has 154 valence electrons. The summed E-state index contributed by atoms with van der Waals surface area (Å²) >= 11 is 0. The van der Waals surface area contributed by atoms with E-state index in [1.54, 1.807) is 12.4 Å². The Morgan fingerprint density at radius 2 is 2.00 bits per heavy atom. The van der Waals surface area contributed by atoms with Gasteiger partial charge in [-0.1, -0.05) is 29.8 Å². The van der Waals surface area contributed by atoms with Crippen LogP contribution in [0.15, 0.2) is 36.7 Å². The molecule has 8 heteroatoms. The first-order chi connectivity index (χ1) is 14.5. The van der Waals surface area contributed by atoms with Crippen LogP contribution < -0.4 is 0 Å². The summed E-state index contributed by atoms with van der Waals surface area (Å²) in [4.78, 5) is 23.4. The first-order valence-electron chi connectivity index (χ1n) is 10.2. The zero-order chi connectivity index (χ0) is 20.7. The molecule has 1 spiro atoms. The number of likely N-dealkylation sites (tertiary alicyclic amines) is 1. The van der Waals surface area contributed by atoms with E-state index in [9.17, 15) is 4.79 Å². The summed E-state index contributed by atoms with van der Waals surface area (Å²) in [5.41, 5.74) is 2.65. The Morgan fingerprint density at radius 3 is 2.80 bits per heavy atom. The van der Waals surface area contributed by atoms with Gasteiger partial charge in [0, 0.05) is 18.9 Å². The number of benzene rings is 1. The van der Waals surface area contributed by atoms with Gasteiger partial charge in [-0.25, -0.2) is 9.97 Å². The van der Waals surface area contributed by atoms with Crippen molar-refractivity contribution in [1.29, 1.82) is 0 Å². The van der Waals surface area contributed by atoms with Gasteiger partial charge >= 0.3 is 0 Å². The van der Waals surface area contributed by atoms with Gasteiger partial charge in [0.1, 0.15) is 18.0 Å². The second-order valence-corrected chi connectivity index (χ2v) is 8.25. The first kappa shape index (κ1) is 18.9. The molecule has 30 heavy (non-hydrogen) atoms. The zero-order valence-corrected chi connectivity index (χ0v) is 17.2. The smallest absolute Gasteiger partial charge is 0.227 e. The van der Waals surface area contributed by atoms with Gasteiger partial charge in [0.2, 0.25) is 5.91 Å². The fourth-order valence-electron chi connectivity index (χ4n) is 4.29. The summed E-state index contributed by atoms with van der Waals surface area (Å²) in [7, 11) is 0. The predicted molar refractivity (Wildman–Crippen MR) is 109 cm³/mol. The van der Waals surface area contributed by atoms with Gasteiger partial charge in [-0.05, 0) is 25.8 Å². The molecule has 1 amide bonds. The lowest BCUT2D eigenvalue weighted by molar-refractivity contribution is -0.132. The number of carbonyl (C=O) groups is 1. The van der Waals surface area contributed by atoms with Crippen LogP contribution in [0.5, 0.6) is 0 Å². The topological polar surface area (TPSA) is 86.0 Å². The van der Waals surface area contributed by atoms with Crippen molar-refractivity contribution in [2.45, 2.75) is 45.4 Å². The van der Waals surface area contributed by atoms with Crippen LogP contribution in [0.4, 0.5) is 0 Å². The molecule has 5 rings (SSSR count). The molecular weight excluding hydrogens is 380 g/mol. The molecule has 2 aromatic heterocycles. The van der Waals surface area contributed by atoms with Crippen LogP contribution in [-0.4, -0.2) is 54.2 Å². The Kier molecular flexibility index (Phi) is 4.58. The molecule has 0 N–H and O–H groups in total. The van der Waals surface area contributed by atoms with E-state index < -0.39 is 5.60 Å². The van der Waals surface area contributed by atoms with Crippen molar-refractivity contribution in [2.24, 2.45) is 0 Å². The van der Waals surface area contributed by atoms with Gasteiger partial charge in [0.25, 0.3) is 0 Å². The Labute approximate surface area is 174 Å². The van der Waals surface area contributed by atoms with Crippen LogP contribution >= 0.6 is 0 Å². The van der Waals surface area contributed by atoms with Crippen molar-refractivity contribution in [3.8, 4) is 11.4 Å². The summed E-state index contributed by atoms with van der Waals surface area (Å²) in [5.74, 6) is 2.40. The zero-order valence-electron chi connectivity index (χ0n) is 17.2. The highest BCUT2D eigenvalue weighted by Crippen LogP contribution is 2.34. The Morgan fingerprint density at radius 1 is 1.17 bits per heavy atom. The summed E-state index contributed by atoms with van der Waals surface area (Å²) in [6.45, 7) is 6.19. The normalized spacial score (nSPS) is 20.5. The number of aromatic nitrogens is 5. The fraction of sp³-hybridized carbons (Fsp3) is 0.409. The average molecular weight is 404 g/mol. The Hall–Kier alpha value is -3.13. The lowest BCUT2D eigenvalue weighted by Gasteiger charge is -2.34. The fourth-order valence-corrected chi connectivity index (χ4v) is 4.29. The maximum Gasteiger partial charge on any atom is 0.227 e. The summed E-state index contributed by atoms with van der Waals surface area (Å²) in [6, 6.07) is 8.12. The van der Waals surface area contributed by atoms with Crippen LogP contribution in [0.25, 0.3) is 11.4 Å². The SMILES string of the molecule is Cc1cccc(CC(=O)N2CCC3(C2)Cn2c(nnc2-c2cnc(C)nc2)CO3)c1. The number of nitrogens with zero attached hydrogens (tertiary/aromatic N) is 6. The van der Waals surface area contributed by atoms with Gasteiger partial charge in [0.15, 0.2) is 11.6 Å². The molecule has 0 saturated carbocycles. The predicted octanol–water partition coefficient (Wildman–Crippen LogP) is 2.10. The van der Waals surface area contributed by atoms with Crippen molar-refractivity contribution in [3.63, 3.8) is 0 Å². The number of fused-ring (bicyclic) bond motifs is 1. The van der Waals surface area contributed by atoms with Crippen molar-refractivity contribution in [2.75, 3.05) is 13.1 Å². The molecule has 0 radical (unpaired) electrons. The van der Waals surface area contributed by atoms with Crippen molar-refractivity contribution in [1.82, 2.24) is 29.6 Å². The molecule has 2 aliphatic rings. The number of amides is 1. The Bertz CT molecular complexity index is 1090. The quantitative estimate of drug-likeness (QED) is 0.665. The molecule has 1 unspecified atom stereocenters. The molecule has 0 aliphatic carbocycles. The minimum absolute atomic E-state index is 0.141. The highest BCUT2D eigenvalue weighted by Gasteiger charge is 2.44. The molecule has 3 aromatic rings. The summed E-state index contributed by atoms with van der Waals surface area (Å²) in [5, 5.41) is 8.62. The minimum atomic E-state index is -0.405. The van der Waals surface area contributed by atoms with Crippen molar-refractivity contribution >= 4 is 5.91 Å². The van der Waals surface area contributed by atoms with Gasteiger partial charge in [-0.15, -0.1) is 10.2 Å². The van der Waals surface area contributed by atoms with Crippen LogP contribution in [0.3, 0.4) is 0 Å². The molecular formula is C22H24N6O2. The van der Waals surface area contributed by atoms with Gasteiger partial charge < -0.3 is 14.2 Å². The van der Waals surface area contributed by atoms with E-state index in [0.717, 1.165) is 35.0 Å². The number of hydrogen-bond donors (Lipinski definition) is 0. The maximum atomic E-state index is 12.9. The maximum absolute atomic E-state index is 12.9. The van der Waals surface area contributed by atoms with Gasteiger partial charge in [-0.2, -0.15) is 0 Å². The lowest BCUT2D eigenvalue weighted by Crippen LogP contribution is -2.45. The van der Waals surface area contributed by atoms with Crippen LogP contribution in [0, 0.1) is 13.8 Å². The third-order valence-corrected chi connectivity index (χ3v) is 5.93. The van der Waals surface area contributed by atoms with E-state index in [1.807, 2.05) is 36.9 Å². The van der Waals surface area contributed by atoms with E-state index in [1.165, 1.54) is 5.56 Å². The molecule has 1 saturated heterocycles. The van der Waals surface area contributed by atoms with Gasteiger partial charge in [0.05, 0.1) is 25.1 Å². The van der Waals surface area contributed by atoms with Crippen LogP contribution in [0.2, 0.25) is 0 Å². The summed E-state index contributed by atoms with van der Waals surface area (Å²) < 4.78 is 8.31. The van der Waals surface area contributed by atoms with E-state index in [4.69, 9.17) is 4.74 Å². The van der Waals surface area contributed by atoms with E-state index in [0.29, 0.717) is 32.7 Å². The number of carbonyl (C=O) groups excluding carboxylic acids is 1. The van der Waals surface area contributed by atoms with E-state index in [2.05, 4.69) is 30.8 Å². The molecule has 1 aromatic carbocycles. The molecule has 8 nitrogen and oxygen atoms in total. The molecule has 1 fully saturated rings. The van der Waals surface area contributed by atoms with E-state index in [-0.39, 0.29) is 5.91 Å². The number of aryl methyl sites for hydroxylation is 2. The lowest BCUT2D eigenvalue weighted by atomic mass is 10.0. The highest BCUT2D eigenvalue weighted by molar-refractivity contribution is 5.79. The summed E-state index contributed by atoms with van der Waals surface area (Å²) in [6.07, 6.45) is 4.76. The molecule has 0 bridgehead atoms. The third kappa shape index (κ3) is 3.47. The van der Waals surface area contributed by atoms with Crippen LogP contribution in [-0.2, 0) is 29.1 Å². The standard InChI is InChI=1S/C22H24N6O2/c1-15-4-3-5-17(8-15)9-20(29)27-7-6-22(13-27)14-28-19(12-30-22)25-26-21(28)18-10-23-16(2)24-11-18/h3-5,8,10-11H,6-7,9,12-14H2,1-2H3. The monoisotopic (exact) mass is 404 g/mol. The van der Waals surface area contributed by atoms with Gasteiger partial charge in [-0.3, -0.25) is 4.79 Å². The molecule has 2 aliphatic heterocycles. The Balaban J connectivity index is 1.33. The van der Waals surface area contributed by atoms with Crippen molar-refractivity contribution in [3.05, 3.63) is 59.4 Å². The largest absolute Gasteiger partial charge is 0.363 e. The number of rotatable bonds is 3. The number of hydrogen-bond acceptors (Lipinski definition) is 6. The second kappa shape index (κ2) is 7.28. The molecule has 4 heterocycles. The van der Waals surface area contributed by atoms with E-state index >= 15 is 0 Å². The second-order valence-electron chi connectivity index (χ2n) is 8.25. The van der Waals surface area contributed by atoms with Crippen LogP contribution in [0.1, 0.15) is 29.2 Å². The third-order valence-electron chi connectivity index (χ3n) is 5.93. The number of ether oxygens (including phenoxy) is 1. The minimum Gasteiger partial charge on any atom is -0.363 e.